The smallest absolute Gasteiger partial charge is 0.413 e. The van der Waals surface area contributed by atoms with Gasteiger partial charge in [0.05, 0.1) is 5.69 Å². The van der Waals surface area contributed by atoms with Crippen LogP contribution in [-0.4, -0.2) is 54.0 Å². The number of nitrogens with zero attached hydrogens (tertiary/aromatic N) is 3. The zero-order valence-electron chi connectivity index (χ0n) is 18.3. The predicted octanol–water partition coefficient (Wildman–Crippen LogP) is 3.36. The monoisotopic (exact) mass is 438 g/mol. The van der Waals surface area contributed by atoms with E-state index in [0.717, 1.165) is 22.2 Å². The summed E-state index contributed by atoms with van der Waals surface area (Å²) in [4.78, 5) is 25.4. The van der Waals surface area contributed by atoms with E-state index in [-0.39, 0.29) is 6.10 Å². The maximum absolute atomic E-state index is 12.2. The Morgan fingerprint density at radius 3 is 3.00 bits per heavy atom. The van der Waals surface area contributed by atoms with Gasteiger partial charge in [0.15, 0.2) is 0 Å². The van der Waals surface area contributed by atoms with E-state index in [4.69, 9.17) is 19.9 Å². The van der Waals surface area contributed by atoms with Crippen LogP contribution in [0, 0.1) is 6.92 Å². The van der Waals surface area contributed by atoms with Crippen LogP contribution in [0.3, 0.4) is 0 Å². The Bertz CT molecular complexity index is 1150. The lowest BCUT2D eigenvalue weighted by molar-refractivity contribution is 0.0904. The number of amides is 1. The van der Waals surface area contributed by atoms with Crippen LogP contribution in [-0.2, 0) is 9.47 Å². The van der Waals surface area contributed by atoms with E-state index in [2.05, 4.69) is 25.6 Å². The Kier molecular flexibility index (Phi) is 6.22. The van der Waals surface area contributed by atoms with Gasteiger partial charge in [-0.15, -0.1) is 0 Å². The number of anilines is 3. The van der Waals surface area contributed by atoms with Crippen molar-refractivity contribution in [2.75, 3.05) is 43.2 Å². The van der Waals surface area contributed by atoms with Crippen molar-refractivity contribution in [3.05, 3.63) is 30.1 Å². The van der Waals surface area contributed by atoms with E-state index in [1.165, 1.54) is 0 Å². The average Bonchev–Trinajstić information content (AvgIpc) is 2.77. The summed E-state index contributed by atoms with van der Waals surface area (Å²) in [5.41, 5.74) is 9.55. The van der Waals surface area contributed by atoms with Crippen LogP contribution in [0.1, 0.15) is 18.9 Å². The molecule has 1 aliphatic heterocycles. The summed E-state index contributed by atoms with van der Waals surface area (Å²) in [7, 11) is 1.60. The van der Waals surface area contributed by atoms with Gasteiger partial charge in [-0.25, -0.2) is 19.7 Å². The van der Waals surface area contributed by atoms with Crippen LogP contribution >= 0.6 is 0 Å². The van der Waals surface area contributed by atoms with Crippen molar-refractivity contribution in [2.24, 2.45) is 0 Å². The maximum atomic E-state index is 12.2. The van der Waals surface area contributed by atoms with Crippen LogP contribution in [0.2, 0.25) is 0 Å². The molecule has 1 amide bonds. The highest BCUT2D eigenvalue weighted by atomic mass is 16.6. The van der Waals surface area contributed by atoms with Gasteiger partial charge in [0, 0.05) is 50.0 Å². The third-order valence-electron chi connectivity index (χ3n) is 5.23. The summed E-state index contributed by atoms with van der Waals surface area (Å²) in [6.07, 6.45) is 3.06. The fourth-order valence-electron chi connectivity index (χ4n) is 3.52. The first kappa shape index (κ1) is 21.6. The fraction of sp³-hybridized carbons (Fsp3) is 0.364. The topological polar surface area (TPSA) is 134 Å². The first-order chi connectivity index (χ1) is 15.5. The van der Waals surface area contributed by atoms with Gasteiger partial charge in [-0.1, -0.05) is 0 Å². The fourth-order valence-corrected chi connectivity index (χ4v) is 3.52. The second-order valence-corrected chi connectivity index (χ2v) is 7.56. The molecule has 0 spiro atoms. The zero-order chi connectivity index (χ0) is 22.7. The quantitative estimate of drug-likeness (QED) is 0.529. The minimum atomic E-state index is -0.580. The molecule has 1 atom stereocenters. The molecule has 10 nitrogen and oxygen atoms in total. The van der Waals surface area contributed by atoms with Crippen molar-refractivity contribution in [1.82, 2.24) is 15.0 Å². The number of hydrogen-bond acceptors (Lipinski definition) is 9. The largest absolute Gasteiger partial charge is 0.474 e. The van der Waals surface area contributed by atoms with Crippen LogP contribution in [0.5, 0.6) is 5.88 Å². The lowest BCUT2D eigenvalue weighted by Gasteiger charge is -2.21. The summed E-state index contributed by atoms with van der Waals surface area (Å²) < 4.78 is 15.9. The number of nitrogens with two attached hydrogens (primary N) is 1. The zero-order valence-corrected chi connectivity index (χ0v) is 18.3. The molecule has 0 saturated heterocycles. The number of carbonyl (C=O) groups is 1. The molecule has 3 aromatic heterocycles. The molecule has 4 rings (SSSR count). The Hall–Kier alpha value is -3.66. The molecule has 1 aliphatic rings. The molecule has 3 aromatic rings. The summed E-state index contributed by atoms with van der Waals surface area (Å²) in [6.45, 7) is 5.60. The van der Waals surface area contributed by atoms with Gasteiger partial charge in [0.2, 0.25) is 5.88 Å². The number of nitrogen functional groups attached to an aromatic ring is 1. The van der Waals surface area contributed by atoms with Crippen molar-refractivity contribution < 1.29 is 19.0 Å². The highest BCUT2D eigenvalue weighted by molar-refractivity contribution is 5.96. The molecule has 0 aliphatic carbocycles. The van der Waals surface area contributed by atoms with Crippen molar-refractivity contribution in [1.29, 1.82) is 0 Å². The van der Waals surface area contributed by atoms with Gasteiger partial charge in [-0.05, 0) is 36.9 Å². The maximum Gasteiger partial charge on any atom is 0.413 e. The number of nitrogens with one attached hydrogen (secondary N) is 2. The molecule has 0 bridgehead atoms. The molecule has 4 N–H and O–H groups in total. The normalized spacial score (nSPS) is 13.6. The van der Waals surface area contributed by atoms with Gasteiger partial charge in [-0.3, -0.25) is 5.32 Å². The SMILES string of the molecule is COCC[C@H](C)OC(=O)Nc1cc2cc(-c3cnc4c(c3C)NCCO4)nc(N)c2cn1. The first-order valence-corrected chi connectivity index (χ1v) is 10.4. The van der Waals surface area contributed by atoms with Crippen LogP contribution in [0.4, 0.5) is 22.1 Å². The minimum Gasteiger partial charge on any atom is -0.474 e. The summed E-state index contributed by atoms with van der Waals surface area (Å²) in [6, 6.07) is 3.63. The standard InChI is InChI=1S/C22H26N6O4/c1-12(4-6-30-3)32-22(29)28-18-9-14-8-17(27-20(23)16(14)11-25-18)15-10-26-21-19(13(15)2)24-5-7-31-21/h8-12,24H,4-7H2,1-3H3,(H2,23,27)(H,25,28,29)/t12-/m0/s1. The molecule has 10 heteroatoms. The van der Waals surface area contributed by atoms with E-state index >= 15 is 0 Å². The van der Waals surface area contributed by atoms with E-state index in [1.54, 1.807) is 32.5 Å². The molecule has 0 fully saturated rings. The molecule has 4 heterocycles. The van der Waals surface area contributed by atoms with Gasteiger partial charge in [0.1, 0.15) is 30.0 Å². The minimum absolute atomic E-state index is 0.279. The number of carbonyl (C=O) groups excluding carboxylic acids is 1. The second-order valence-electron chi connectivity index (χ2n) is 7.56. The van der Waals surface area contributed by atoms with Gasteiger partial charge in [0.25, 0.3) is 0 Å². The lowest BCUT2D eigenvalue weighted by atomic mass is 10.0. The number of methoxy groups -OCH3 is 1. The third-order valence-corrected chi connectivity index (χ3v) is 5.23. The average molecular weight is 438 g/mol. The van der Waals surface area contributed by atoms with Crippen molar-refractivity contribution >= 4 is 34.2 Å². The number of fused-ring (bicyclic) bond motifs is 2. The summed E-state index contributed by atoms with van der Waals surface area (Å²) >= 11 is 0. The Labute approximate surface area is 185 Å². The van der Waals surface area contributed by atoms with Crippen LogP contribution in [0.15, 0.2) is 24.5 Å². The summed E-state index contributed by atoms with van der Waals surface area (Å²) in [5.74, 6) is 1.28. The molecule has 0 aromatic carbocycles. The molecular weight excluding hydrogens is 412 g/mol. The Morgan fingerprint density at radius 2 is 2.19 bits per heavy atom. The van der Waals surface area contributed by atoms with E-state index < -0.39 is 6.09 Å². The highest BCUT2D eigenvalue weighted by Crippen LogP contribution is 2.36. The van der Waals surface area contributed by atoms with Crippen molar-refractivity contribution in [3.8, 4) is 17.1 Å². The Balaban J connectivity index is 1.61. The number of ether oxygens (including phenoxy) is 3. The molecule has 32 heavy (non-hydrogen) atoms. The van der Waals surface area contributed by atoms with E-state index in [0.29, 0.717) is 54.8 Å². The summed E-state index contributed by atoms with van der Waals surface area (Å²) in [5, 5.41) is 7.46. The number of aromatic nitrogens is 3. The van der Waals surface area contributed by atoms with E-state index in [1.807, 2.05) is 13.0 Å². The van der Waals surface area contributed by atoms with Crippen molar-refractivity contribution in [3.63, 3.8) is 0 Å². The predicted molar refractivity (Wildman–Crippen MR) is 122 cm³/mol. The number of pyridine rings is 3. The highest BCUT2D eigenvalue weighted by Gasteiger charge is 2.19. The third kappa shape index (κ3) is 4.50. The molecule has 0 saturated carbocycles. The van der Waals surface area contributed by atoms with Gasteiger partial charge >= 0.3 is 6.09 Å². The van der Waals surface area contributed by atoms with Crippen molar-refractivity contribution in [2.45, 2.75) is 26.4 Å². The van der Waals surface area contributed by atoms with Crippen LogP contribution < -0.4 is 21.1 Å². The molecule has 0 radical (unpaired) electrons. The van der Waals surface area contributed by atoms with Gasteiger partial charge < -0.3 is 25.3 Å². The Morgan fingerprint density at radius 1 is 1.34 bits per heavy atom. The first-order valence-electron chi connectivity index (χ1n) is 10.4. The molecular formula is C22H26N6O4. The lowest BCUT2D eigenvalue weighted by Crippen LogP contribution is -2.21. The van der Waals surface area contributed by atoms with Gasteiger partial charge in [-0.2, -0.15) is 0 Å². The van der Waals surface area contributed by atoms with Crippen LogP contribution in [0.25, 0.3) is 22.0 Å². The second kappa shape index (κ2) is 9.23. The molecule has 0 unspecified atom stereocenters. The number of hydrogen-bond donors (Lipinski definition) is 3. The number of rotatable bonds is 6. The molecule has 168 valence electrons. The van der Waals surface area contributed by atoms with E-state index in [9.17, 15) is 4.79 Å².